The number of rotatable bonds is 8. The Morgan fingerprint density at radius 2 is 1.87 bits per heavy atom. The summed E-state index contributed by atoms with van der Waals surface area (Å²) >= 11 is 0. The average Bonchev–Trinajstić information content (AvgIpc) is 3.07. The van der Waals surface area contributed by atoms with Gasteiger partial charge in [-0.3, -0.25) is 0 Å². The molecule has 3 rings (SSSR count). The molecule has 2 heterocycles. The molecule has 0 spiro atoms. The first-order valence-electron chi connectivity index (χ1n) is 9.85. The number of benzene rings is 1. The van der Waals surface area contributed by atoms with E-state index in [1.54, 1.807) is 0 Å². The molecule has 1 saturated heterocycles. The maximum absolute atomic E-state index is 12.6. The summed E-state index contributed by atoms with van der Waals surface area (Å²) in [6.45, 7) is 5.93. The molecule has 5 N–H and O–H groups in total. The smallest absolute Gasteiger partial charge is 0.384 e. The van der Waals surface area contributed by atoms with Gasteiger partial charge in [0, 0.05) is 37.9 Å². The number of aromatic nitrogens is 1. The molecule has 166 valence electrons. The molecule has 5 nitrogen and oxygen atoms in total. The molecule has 0 aliphatic carbocycles. The fourth-order valence-corrected chi connectivity index (χ4v) is 3.72. The summed E-state index contributed by atoms with van der Waals surface area (Å²) in [7, 11) is 0. The zero-order valence-electron chi connectivity index (χ0n) is 16.9. The van der Waals surface area contributed by atoms with Crippen LogP contribution < -0.4 is 21.7 Å². The number of nitrogens with two attached hydrogens (primary N) is 1. The topological polar surface area (TPSA) is 75.0 Å². The molecule has 0 radical (unpaired) electrons. The lowest BCUT2D eigenvalue weighted by molar-refractivity contribution is -0.137. The number of nitrogens with one attached hydrogen (secondary N) is 3. The van der Waals surface area contributed by atoms with E-state index in [-0.39, 0.29) is 12.4 Å². The maximum Gasteiger partial charge on any atom is 0.416 e. The van der Waals surface area contributed by atoms with Gasteiger partial charge in [0.15, 0.2) is 0 Å². The van der Waals surface area contributed by atoms with Crippen molar-refractivity contribution in [3.8, 4) is 0 Å². The zero-order chi connectivity index (χ0) is 20.9. The second kappa shape index (κ2) is 10.9. The van der Waals surface area contributed by atoms with Gasteiger partial charge in [-0.05, 0) is 61.2 Å². The Kier molecular flexibility index (Phi) is 8.91. The predicted octanol–water partition coefficient (Wildman–Crippen LogP) is 2.92. The van der Waals surface area contributed by atoms with Crippen LogP contribution in [-0.4, -0.2) is 37.2 Å². The third-order valence-corrected chi connectivity index (χ3v) is 5.17. The van der Waals surface area contributed by atoms with Crippen LogP contribution in [0.4, 0.5) is 19.0 Å². The highest BCUT2D eigenvalue weighted by Crippen LogP contribution is 2.29. The molecule has 2 atom stereocenters. The minimum atomic E-state index is -4.29. The summed E-state index contributed by atoms with van der Waals surface area (Å²) in [6.07, 6.45) is -3.42. The maximum atomic E-state index is 12.6. The van der Waals surface area contributed by atoms with Crippen LogP contribution in [0.2, 0.25) is 0 Å². The SMILES string of the molecule is Cc1cc(N)nc(C[C@H]2CNC[C@H]2NCCNCc2ccc(C(F)(F)F)cc2)c1.Cl. The minimum Gasteiger partial charge on any atom is -0.384 e. The van der Waals surface area contributed by atoms with E-state index >= 15 is 0 Å². The predicted molar refractivity (Wildman–Crippen MR) is 116 cm³/mol. The molecule has 1 fully saturated rings. The van der Waals surface area contributed by atoms with Gasteiger partial charge in [-0.15, -0.1) is 12.4 Å². The van der Waals surface area contributed by atoms with Gasteiger partial charge in [0.05, 0.1) is 5.56 Å². The monoisotopic (exact) mass is 443 g/mol. The summed E-state index contributed by atoms with van der Waals surface area (Å²) in [4.78, 5) is 4.44. The van der Waals surface area contributed by atoms with Crippen LogP contribution in [0.1, 0.15) is 22.4 Å². The van der Waals surface area contributed by atoms with Crippen molar-refractivity contribution >= 4 is 18.2 Å². The lowest BCUT2D eigenvalue weighted by atomic mass is 9.97. The van der Waals surface area contributed by atoms with Crippen LogP contribution in [0, 0.1) is 12.8 Å². The first-order valence-corrected chi connectivity index (χ1v) is 9.85. The molecule has 30 heavy (non-hydrogen) atoms. The van der Waals surface area contributed by atoms with E-state index in [4.69, 9.17) is 5.73 Å². The Morgan fingerprint density at radius 3 is 2.53 bits per heavy atom. The number of hydrogen-bond donors (Lipinski definition) is 4. The van der Waals surface area contributed by atoms with Gasteiger partial charge < -0.3 is 21.7 Å². The average molecular weight is 444 g/mol. The van der Waals surface area contributed by atoms with Crippen LogP contribution >= 0.6 is 12.4 Å². The zero-order valence-corrected chi connectivity index (χ0v) is 17.7. The van der Waals surface area contributed by atoms with Gasteiger partial charge in [-0.1, -0.05) is 12.1 Å². The van der Waals surface area contributed by atoms with Crippen LogP contribution in [-0.2, 0) is 19.1 Å². The van der Waals surface area contributed by atoms with Gasteiger partial charge >= 0.3 is 6.18 Å². The fourth-order valence-electron chi connectivity index (χ4n) is 3.72. The number of pyridine rings is 1. The van der Waals surface area contributed by atoms with Crippen molar-refractivity contribution in [1.29, 1.82) is 0 Å². The Hall–Kier alpha value is -1.87. The van der Waals surface area contributed by atoms with Crippen molar-refractivity contribution in [1.82, 2.24) is 20.9 Å². The van der Waals surface area contributed by atoms with Gasteiger partial charge in [-0.25, -0.2) is 4.98 Å². The first kappa shape index (κ1) is 24.4. The van der Waals surface area contributed by atoms with Gasteiger partial charge in [0.25, 0.3) is 0 Å². The van der Waals surface area contributed by atoms with Crippen molar-refractivity contribution in [3.63, 3.8) is 0 Å². The lowest BCUT2D eigenvalue weighted by Crippen LogP contribution is -2.40. The number of halogens is 4. The van der Waals surface area contributed by atoms with E-state index in [0.717, 1.165) is 61.6 Å². The number of hydrogen-bond acceptors (Lipinski definition) is 5. The molecule has 9 heteroatoms. The van der Waals surface area contributed by atoms with Crippen LogP contribution in [0.15, 0.2) is 36.4 Å². The highest BCUT2D eigenvalue weighted by Gasteiger charge is 2.30. The molecular formula is C21H29ClF3N5. The molecule has 1 aliphatic heterocycles. The Labute approximate surface area is 181 Å². The lowest BCUT2D eigenvalue weighted by Gasteiger charge is -2.20. The summed E-state index contributed by atoms with van der Waals surface area (Å²) in [5, 5.41) is 10.3. The molecular weight excluding hydrogens is 415 g/mol. The molecule has 0 bridgehead atoms. The Balaban J connectivity index is 0.00000320. The van der Waals surface area contributed by atoms with Crippen molar-refractivity contribution in [3.05, 3.63) is 58.8 Å². The number of anilines is 1. The summed E-state index contributed by atoms with van der Waals surface area (Å²) in [5.74, 6) is 1.00. The van der Waals surface area contributed by atoms with Crippen molar-refractivity contribution in [2.75, 3.05) is 31.9 Å². The number of nitrogen functional groups attached to an aromatic ring is 1. The van der Waals surface area contributed by atoms with E-state index in [1.807, 2.05) is 13.0 Å². The third-order valence-electron chi connectivity index (χ3n) is 5.17. The second-order valence-corrected chi connectivity index (χ2v) is 7.62. The molecule has 0 saturated carbocycles. The van der Waals surface area contributed by atoms with Crippen LogP contribution in [0.5, 0.6) is 0 Å². The van der Waals surface area contributed by atoms with Crippen LogP contribution in [0.25, 0.3) is 0 Å². The molecule has 2 aromatic rings. The highest BCUT2D eigenvalue weighted by atomic mass is 35.5. The minimum absolute atomic E-state index is 0. The molecule has 1 aromatic carbocycles. The normalized spacial score (nSPS) is 18.9. The van der Waals surface area contributed by atoms with Crippen molar-refractivity contribution in [2.45, 2.75) is 32.1 Å². The fraction of sp³-hybridized carbons (Fsp3) is 0.476. The second-order valence-electron chi connectivity index (χ2n) is 7.62. The highest BCUT2D eigenvalue weighted by molar-refractivity contribution is 5.85. The standard InChI is InChI=1S/C21H28F3N5.ClH/c1-14-8-18(29-20(25)9-14)10-16-12-27-13-19(16)28-7-6-26-11-15-2-4-17(5-3-15)21(22,23)24;/h2-5,8-9,16,19,26-28H,6-7,10-13H2,1H3,(H2,25,29);1H/t16-,19+;/m0./s1. The summed E-state index contributed by atoms with van der Waals surface area (Å²) in [6, 6.07) is 9.57. The molecule has 1 aliphatic rings. The first-order chi connectivity index (χ1) is 13.8. The number of aryl methyl sites for hydroxylation is 1. The third kappa shape index (κ3) is 7.12. The van der Waals surface area contributed by atoms with Gasteiger partial charge in [0.1, 0.15) is 5.82 Å². The molecule has 0 amide bonds. The van der Waals surface area contributed by atoms with Gasteiger partial charge in [-0.2, -0.15) is 13.2 Å². The van der Waals surface area contributed by atoms with Gasteiger partial charge in [0.2, 0.25) is 0 Å². The van der Waals surface area contributed by atoms with Crippen LogP contribution in [0.3, 0.4) is 0 Å². The van der Waals surface area contributed by atoms with E-state index < -0.39 is 11.7 Å². The van der Waals surface area contributed by atoms with E-state index in [1.165, 1.54) is 12.1 Å². The summed E-state index contributed by atoms with van der Waals surface area (Å²) < 4.78 is 37.8. The van der Waals surface area contributed by atoms with Crippen molar-refractivity contribution in [2.24, 2.45) is 5.92 Å². The van der Waals surface area contributed by atoms with E-state index in [0.29, 0.717) is 24.3 Å². The number of nitrogens with zero attached hydrogens (tertiary/aromatic N) is 1. The molecule has 0 unspecified atom stereocenters. The van der Waals surface area contributed by atoms with E-state index in [9.17, 15) is 13.2 Å². The largest absolute Gasteiger partial charge is 0.416 e. The summed E-state index contributed by atoms with van der Waals surface area (Å²) in [5.41, 5.74) is 8.21. The van der Waals surface area contributed by atoms with E-state index in [2.05, 4.69) is 27.0 Å². The van der Waals surface area contributed by atoms with Crippen molar-refractivity contribution < 1.29 is 13.2 Å². The Morgan fingerprint density at radius 1 is 1.13 bits per heavy atom. The Bertz CT molecular complexity index is 778. The number of alkyl halides is 3. The molecule has 1 aromatic heterocycles. The quantitative estimate of drug-likeness (QED) is 0.472.